The van der Waals surface area contributed by atoms with Gasteiger partial charge in [0.05, 0.1) is 20.7 Å². The zero-order chi connectivity index (χ0) is 14.7. The Morgan fingerprint density at radius 1 is 1.45 bits per heavy atom. The predicted molar refractivity (Wildman–Crippen MR) is 79.6 cm³/mol. The van der Waals surface area contributed by atoms with E-state index < -0.39 is 27.8 Å². The molecule has 2 atom stereocenters. The summed E-state index contributed by atoms with van der Waals surface area (Å²) in [5, 5.41) is 3.42. The first-order valence-electron chi connectivity index (χ1n) is 5.79. The third-order valence-electron chi connectivity index (χ3n) is 2.63. The Morgan fingerprint density at radius 2 is 2.20 bits per heavy atom. The summed E-state index contributed by atoms with van der Waals surface area (Å²) in [6, 6.07) is 7.36. The number of nitrogen functional groups attached to an aromatic ring is 1. The van der Waals surface area contributed by atoms with E-state index in [0.717, 1.165) is 0 Å². The number of hydrogen-bond donors (Lipinski definition) is 2. The highest BCUT2D eigenvalue weighted by atomic mass is 32.2. The summed E-state index contributed by atoms with van der Waals surface area (Å²) < 4.78 is 26.3. The summed E-state index contributed by atoms with van der Waals surface area (Å²) in [5.41, 5.74) is 5.87. The van der Waals surface area contributed by atoms with Crippen LogP contribution in [0.15, 0.2) is 39.9 Å². The van der Waals surface area contributed by atoms with Crippen LogP contribution in [0.3, 0.4) is 0 Å². The van der Waals surface area contributed by atoms with Gasteiger partial charge in [0.1, 0.15) is 11.1 Å². The van der Waals surface area contributed by atoms with Crippen molar-refractivity contribution in [1.82, 2.24) is 0 Å². The van der Waals surface area contributed by atoms with Crippen LogP contribution < -0.4 is 11.1 Å². The van der Waals surface area contributed by atoms with Gasteiger partial charge in [-0.1, -0.05) is 6.07 Å². The largest absolute Gasteiger partial charge is 0.399 e. The number of thiophene rings is 1. The van der Waals surface area contributed by atoms with Crippen LogP contribution in [0, 0.1) is 5.82 Å². The Morgan fingerprint density at radius 3 is 2.85 bits per heavy atom. The minimum absolute atomic E-state index is 0.00923. The van der Waals surface area contributed by atoms with Crippen molar-refractivity contribution in [3.05, 3.63) is 41.5 Å². The highest BCUT2D eigenvalue weighted by Gasteiger charge is 2.23. The van der Waals surface area contributed by atoms with Crippen molar-refractivity contribution >= 4 is 39.4 Å². The average molecular weight is 312 g/mol. The lowest BCUT2D eigenvalue weighted by atomic mass is 10.2. The molecule has 0 spiro atoms. The molecule has 0 saturated carbocycles. The summed E-state index contributed by atoms with van der Waals surface area (Å²) in [6.07, 6.45) is 0. The molecular formula is C13H13FN2O2S2. The number of carbonyl (C=O) groups is 1. The van der Waals surface area contributed by atoms with Gasteiger partial charge in [0.2, 0.25) is 5.91 Å². The first kappa shape index (κ1) is 14.7. The fourth-order valence-corrected chi connectivity index (χ4v) is 3.76. The van der Waals surface area contributed by atoms with Gasteiger partial charge in [-0.15, -0.1) is 11.3 Å². The van der Waals surface area contributed by atoms with Gasteiger partial charge in [-0.2, -0.15) is 0 Å². The van der Waals surface area contributed by atoms with Crippen LogP contribution >= 0.6 is 11.3 Å². The third kappa shape index (κ3) is 3.23. The van der Waals surface area contributed by atoms with Crippen LogP contribution in [-0.2, 0) is 15.6 Å². The first-order chi connectivity index (χ1) is 9.49. The molecule has 0 saturated heterocycles. The van der Waals surface area contributed by atoms with Crippen molar-refractivity contribution in [1.29, 1.82) is 0 Å². The molecule has 1 aromatic heterocycles. The summed E-state index contributed by atoms with van der Waals surface area (Å²) in [7, 11) is -1.46. The number of carbonyl (C=O) groups excluding carboxylic acids is 1. The highest BCUT2D eigenvalue weighted by Crippen LogP contribution is 2.21. The lowest BCUT2D eigenvalue weighted by Crippen LogP contribution is -2.29. The Labute approximate surface area is 122 Å². The van der Waals surface area contributed by atoms with Crippen molar-refractivity contribution in [3.8, 4) is 0 Å². The molecule has 1 heterocycles. The van der Waals surface area contributed by atoms with Crippen molar-refractivity contribution in [3.63, 3.8) is 0 Å². The number of rotatable bonds is 4. The van der Waals surface area contributed by atoms with Gasteiger partial charge >= 0.3 is 0 Å². The van der Waals surface area contributed by atoms with Gasteiger partial charge in [0.15, 0.2) is 0 Å². The van der Waals surface area contributed by atoms with E-state index in [4.69, 9.17) is 5.73 Å². The van der Waals surface area contributed by atoms with Crippen LogP contribution in [0.5, 0.6) is 0 Å². The quantitative estimate of drug-likeness (QED) is 0.852. The van der Waals surface area contributed by atoms with Gasteiger partial charge in [-0.05, 0) is 36.6 Å². The summed E-state index contributed by atoms with van der Waals surface area (Å²) in [5.74, 6) is -1.09. The molecule has 0 aliphatic heterocycles. The van der Waals surface area contributed by atoms with E-state index in [2.05, 4.69) is 5.32 Å². The molecule has 0 aliphatic carbocycles. The zero-order valence-electron chi connectivity index (χ0n) is 10.6. The molecule has 2 unspecified atom stereocenters. The smallest absolute Gasteiger partial charge is 0.240 e. The van der Waals surface area contributed by atoms with E-state index in [-0.39, 0.29) is 5.69 Å². The standard InChI is InChI=1S/C13H13FN2O2S2/c1-8(20(18)12-3-2-6-19-12)13(17)16-11-7-9(15)4-5-10(11)14/h2-8H,15H2,1H3,(H,16,17). The van der Waals surface area contributed by atoms with Crippen LogP contribution in [0.1, 0.15) is 6.92 Å². The number of amides is 1. The molecule has 20 heavy (non-hydrogen) atoms. The lowest BCUT2D eigenvalue weighted by Gasteiger charge is -2.12. The van der Waals surface area contributed by atoms with E-state index in [1.165, 1.54) is 36.5 Å². The monoisotopic (exact) mass is 312 g/mol. The number of nitrogens with two attached hydrogens (primary N) is 1. The molecule has 0 aliphatic rings. The molecule has 0 bridgehead atoms. The Hall–Kier alpha value is -1.73. The number of benzene rings is 1. The average Bonchev–Trinajstić information content (AvgIpc) is 2.95. The van der Waals surface area contributed by atoms with Crippen LogP contribution in [0.2, 0.25) is 0 Å². The van der Waals surface area contributed by atoms with Gasteiger partial charge in [0.25, 0.3) is 0 Å². The van der Waals surface area contributed by atoms with Crippen molar-refractivity contribution < 1.29 is 13.4 Å². The molecule has 2 aromatic rings. The number of hydrogen-bond acceptors (Lipinski definition) is 4. The van der Waals surface area contributed by atoms with E-state index in [1.54, 1.807) is 17.5 Å². The maximum Gasteiger partial charge on any atom is 0.240 e. The fourth-order valence-electron chi connectivity index (χ4n) is 1.52. The Bertz CT molecular complexity index is 644. The Balaban J connectivity index is 2.12. The highest BCUT2D eigenvalue weighted by molar-refractivity contribution is 7.88. The molecule has 2 rings (SSSR count). The topological polar surface area (TPSA) is 72.2 Å². The van der Waals surface area contributed by atoms with Gasteiger partial charge < -0.3 is 11.1 Å². The van der Waals surface area contributed by atoms with Crippen LogP contribution in [0.25, 0.3) is 0 Å². The second-order valence-corrected chi connectivity index (χ2v) is 7.05. The number of halogens is 1. The predicted octanol–water partition coefficient (Wildman–Crippen LogP) is 2.60. The van der Waals surface area contributed by atoms with Crippen molar-refractivity contribution in [2.75, 3.05) is 11.1 Å². The molecule has 1 aromatic carbocycles. The van der Waals surface area contributed by atoms with Gasteiger partial charge in [-0.3, -0.25) is 9.00 Å². The van der Waals surface area contributed by atoms with Crippen molar-refractivity contribution in [2.24, 2.45) is 0 Å². The maximum absolute atomic E-state index is 13.5. The van der Waals surface area contributed by atoms with E-state index in [1.807, 2.05) is 0 Å². The van der Waals surface area contributed by atoms with E-state index >= 15 is 0 Å². The third-order valence-corrected chi connectivity index (χ3v) is 5.46. The number of nitrogens with one attached hydrogen (secondary N) is 1. The minimum Gasteiger partial charge on any atom is -0.399 e. The molecule has 0 fully saturated rings. The molecule has 106 valence electrons. The van der Waals surface area contributed by atoms with Gasteiger partial charge in [0, 0.05) is 5.69 Å². The molecular weight excluding hydrogens is 299 g/mol. The normalized spacial score (nSPS) is 13.7. The van der Waals surface area contributed by atoms with Crippen LogP contribution in [0.4, 0.5) is 15.8 Å². The second kappa shape index (κ2) is 6.15. The second-order valence-electron chi connectivity index (χ2n) is 4.10. The molecule has 3 N–H and O–H groups in total. The van der Waals surface area contributed by atoms with E-state index in [0.29, 0.717) is 9.90 Å². The maximum atomic E-state index is 13.5. The summed E-state index contributed by atoms with van der Waals surface area (Å²) >= 11 is 1.31. The van der Waals surface area contributed by atoms with E-state index in [9.17, 15) is 13.4 Å². The molecule has 4 nitrogen and oxygen atoms in total. The Kier molecular flexibility index (Phi) is 4.51. The first-order valence-corrected chi connectivity index (χ1v) is 7.88. The SMILES string of the molecule is CC(C(=O)Nc1cc(N)ccc1F)S(=O)c1cccs1. The molecule has 0 radical (unpaired) electrons. The molecule has 7 heteroatoms. The zero-order valence-corrected chi connectivity index (χ0v) is 12.3. The van der Waals surface area contributed by atoms with Crippen molar-refractivity contribution in [2.45, 2.75) is 16.4 Å². The lowest BCUT2D eigenvalue weighted by molar-refractivity contribution is -0.115. The summed E-state index contributed by atoms with van der Waals surface area (Å²) in [4.78, 5) is 12.0. The fraction of sp³-hybridized carbons (Fsp3) is 0.154. The number of anilines is 2. The minimum atomic E-state index is -1.46. The molecule has 1 amide bonds. The summed E-state index contributed by atoms with van der Waals surface area (Å²) in [6.45, 7) is 1.54. The van der Waals surface area contributed by atoms with Crippen LogP contribution in [-0.4, -0.2) is 15.4 Å². The van der Waals surface area contributed by atoms with Gasteiger partial charge in [-0.25, -0.2) is 4.39 Å².